The topological polar surface area (TPSA) is 53.5 Å². The number of nitrogens with zero attached hydrogens (tertiary/aromatic N) is 3. The first kappa shape index (κ1) is 25.8. The van der Waals surface area contributed by atoms with Crippen LogP contribution in [0.3, 0.4) is 0 Å². The molecule has 1 aliphatic rings. The van der Waals surface area contributed by atoms with Gasteiger partial charge < -0.3 is 9.80 Å². The summed E-state index contributed by atoms with van der Waals surface area (Å²) in [5.41, 5.74) is 3.32. The number of ketones is 1. The van der Waals surface area contributed by atoms with E-state index in [-0.39, 0.29) is 11.8 Å². The average Bonchev–Trinajstić information content (AvgIpc) is 3.29. The van der Waals surface area contributed by atoms with E-state index < -0.39 is 12.6 Å². The van der Waals surface area contributed by atoms with Gasteiger partial charge in [-0.25, -0.2) is 9.37 Å². The van der Waals surface area contributed by atoms with Gasteiger partial charge in [0.2, 0.25) is 0 Å². The van der Waals surface area contributed by atoms with E-state index in [1.807, 2.05) is 30.7 Å². The first-order valence-electron chi connectivity index (χ1n) is 11.6. The molecule has 5 nitrogen and oxygen atoms in total. The molecule has 1 amide bonds. The van der Waals surface area contributed by atoms with E-state index in [1.165, 1.54) is 0 Å². The third kappa shape index (κ3) is 6.84. The summed E-state index contributed by atoms with van der Waals surface area (Å²) in [6, 6.07) is 4.15. The van der Waals surface area contributed by atoms with E-state index in [0.717, 1.165) is 49.9 Å². The molecule has 1 saturated heterocycles. The molecule has 8 heteroatoms. The quantitative estimate of drug-likeness (QED) is 0.318. The number of carbonyl (C=O) groups excluding carboxylic acids is 2. The molecule has 2 aromatic heterocycles. The fourth-order valence-electron chi connectivity index (χ4n) is 4.79. The largest absolute Gasteiger partial charge is 0.333 e. The minimum Gasteiger partial charge on any atom is -0.333 e. The summed E-state index contributed by atoms with van der Waals surface area (Å²) < 4.78 is 13.2. The lowest BCUT2D eigenvalue weighted by Crippen LogP contribution is -2.49. The maximum atomic E-state index is 13.2. The lowest BCUT2D eigenvalue weighted by Gasteiger charge is -2.40. The van der Waals surface area contributed by atoms with E-state index in [1.54, 1.807) is 22.3 Å². The molecule has 33 heavy (non-hydrogen) atoms. The number of alkyl halides is 1. The van der Waals surface area contributed by atoms with Crippen molar-refractivity contribution in [2.45, 2.75) is 71.5 Å². The molecule has 1 atom stereocenters. The summed E-state index contributed by atoms with van der Waals surface area (Å²) >= 11 is 7.57. The number of thiophene rings is 1. The van der Waals surface area contributed by atoms with Crippen molar-refractivity contribution in [2.24, 2.45) is 0 Å². The van der Waals surface area contributed by atoms with Crippen molar-refractivity contribution < 1.29 is 14.0 Å². The lowest BCUT2D eigenvalue weighted by molar-refractivity contribution is -0.136. The zero-order valence-electron chi connectivity index (χ0n) is 19.7. The summed E-state index contributed by atoms with van der Waals surface area (Å²) in [7, 11) is 0. The predicted octanol–water partition coefficient (Wildman–Crippen LogP) is 5.62. The van der Waals surface area contributed by atoms with Gasteiger partial charge >= 0.3 is 0 Å². The van der Waals surface area contributed by atoms with Crippen LogP contribution in [0, 0.1) is 13.8 Å². The van der Waals surface area contributed by atoms with Crippen molar-refractivity contribution >= 4 is 34.6 Å². The van der Waals surface area contributed by atoms with Crippen LogP contribution in [0.25, 0.3) is 0 Å². The summed E-state index contributed by atoms with van der Waals surface area (Å²) in [5, 5.41) is 4.41. The molecule has 0 unspecified atom stereocenters. The Bertz CT molecular complexity index is 922. The fraction of sp³-hybridized carbons (Fsp3) is 0.560. The number of carbonyl (C=O) groups is 2. The Morgan fingerprint density at radius 3 is 2.67 bits per heavy atom. The zero-order chi connectivity index (χ0) is 24.0. The second-order valence-corrected chi connectivity index (χ2v) is 10.1. The smallest absolute Gasteiger partial charge is 0.254 e. The fourth-order valence-corrected chi connectivity index (χ4v) is 5.74. The van der Waals surface area contributed by atoms with E-state index >= 15 is 0 Å². The molecule has 0 aliphatic carbocycles. The molecule has 1 aliphatic heterocycles. The van der Waals surface area contributed by atoms with Crippen LogP contribution in [-0.4, -0.2) is 58.3 Å². The Kier molecular flexibility index (Phi) is 9.41. The Morgan fingerprint density at radius 2 is 2.06 bits per heavy atom. The number of aryl methyl sites for hydroxylation is 2. The van der Waals surface area contributed by atoms with Crippen molar-refractivity contribution in [2.75, 3.05) is 19.8 Å². The van der Waals surface area contributed by atoms with Gasteiger partial charge in [-0.15, -0.1) is 0 Å². The molecule has 0 aromatic carbocycles. The van der Waals surface area contributed by atoms with Crippen LogP contribution in [0.2, 0.25) is 5.15 Å². The SMILES string of the molecule is Cc1cc(Cl)nc(C)c1C(=O)CCC[C@@H](C)N1CCC(N(Cc2ccsc2)C(=O)CF)CC1. The number of hydrogen-bond acceptors (Lipinski definition) is 5. The average molecular weight is 494 g/mol. The standard InChI is InChI=1S/C25H33ClFN3O2S/c1-17-13-23(26)28-19(3)25(17)22(31)6-4-5-18(2)29-10-7-21(8-11-29)30(24(32)14-27)15-20-9-12-33-16-20/h9,12-13,16,18,21H,4-8,10-11,14-15H2,1-3H3/t18-/m1/s1. The van der Waals surface area contributed by atoms with E-state index in [0.29, 0.717) is 35.4 Å². The van der Waals surface area contributed by atoms with Gasteiger partial charge in [0, 0.05) is 43.7 Å². The monoisotopic (exact) mass is 493 g/mol. The number of aromatic nitrogens is 1. The highest BCUT2D eigenvalue weighted by Crippen LogP contribution is 2.24. The van der Waals surface area contributed by atoms with Crippen molar-refractivity contribution in [3.05, 3.63) is 50.4 Å². The number of Topliss-reactive ketones (excluding diaryl/α,β-unsaturated/α-hetero) is 1. The summed E-state index contributed by atoms with van der Waals surface area (Å²) in [5.74, 6) is -0.303. The van der Waals surface area contributed by atoms with Crippen LogP contribution >= 0.6 is 22.9 Å². The van der Waals surface area contributed by atoms with Crippen molar-refractivity contribution in [1.82, 2.24) is 14.8 Å². The van der Waals surface area contributed by atoms with E-state index in [9.17, 15) is 14.0 Å². The van der Waals surface area contributed by atoms with Gasteiger partial charge in [-0.05, 0) is 80.5 Å². The summed E-state index contributed by atoms with van der Waals surface area (Å²) in [4.78, 5) is 33.3. The zero-order valence-corrected chi connectivity index (χ0v) is 21.2. The van der Waals surface area contributed by atoms with E-state index in [2.05, 4.69) is 16.8 Å². The van der Waals surface area contributed by atoms with Gasteiger partial charge in [0.25, 0.3) is 5.91 Å². The number of pyridine rings is 1. The van der Waals surface area contributed by atoms with Crippen molar-refractivity contribution in [3.8, 4) is 0 Å². The molecular formula is C25H33ClFN3O2S. The van der Waals surface area contributed by atoms with Crippen LogP contribution in [0.5, 0.6) is 0 Å². The molecular weight excluding hydrogens is 461 g/mol. The van der Waals surface area contributed by atoms with Crippen LogP contribution < -0.4 is 0 Å². The minimum absolute atomic E-state index is 0.0709. The number of likely N-dealkylation sites (tertiary alicyclic amines) is 1. The van der Waals surface area contributed by atoms with Crippen molar-refractivity contribution in [1.29, 1.82) is 0 Å². The number of rotatable bonds is 10. The molecule has 3 rings (SSSR count). The van der Waals surface area contributed by atoms with Gasteiger partial charge in [-0.2, -0.15) is 11.3 Å². The van der Waals surface area contributed by atoms with Gasteiger partial charge in [0.15, 0.2) is 12.5 Å². The Hall–Kier alpha value is -1.83. The van der Waals surface area contributed by atoms with Gasteiger partial charge in [0.1, 0.15) is 5.15 Å². The van der Waals surface area contributed by atoms with Gasteiger partial charge in [-0.1, -0.05) is 11.6 Å². The first-order valence-corrected chi connectivity index (χ1v) is 12.9. The summed E-state index contributed by atoms with van der Waals surface area (Å²) in [6.07, 6.45) is 3.91. The second kappa shape index (κ2) is 12.0. The Balaban J connectivity index is 1.47. The molecule has 180 valence electrons. The molecule has 1 fully saturated rings. The first-order chi connectivity index (χ1) is 15.8. The highest BCUT2D eigenvalue weighted by atomic mass is 35.5. The van der Waals surface area contributed by atoms with Crippen LogP contribution in [0.15, 0.2) is 22.9 Å². The maximum Gasteiger partial charge on any atom is 0.254 e. The second-order valence-electron chi connectivity index (χ2n) is 8.94. The Morgan fingerprint density at radius 1 is 1.33 bits per heavy atom. The predicted molar refractivity (Wildman–Crippen MR) is 132 cm³/mol. The molecule has 0 radical (unpaired) electrons. The molecule has 0 bridgehead atoms. The molecule has 0 N–H and O–H groups in total. The molecule has 2 aromatic rings. The summed E-state index contributed by atoms with van der Waals surface area (Å²) in [6.45, 7) is 7.20. The van der Waals surface area contributed by atoms with Crippen LogP contribution in [-0.2, 0) is 11.3 Å². The van der Waals surface area contributed by atoms with Crippen LogP contribution in [0.4, 0.5) is 4.39 Å². The van der Waals surface area contributed by atoms with Crippen LogP contribution in [0.1, 0.15) is 66.2 Å². The normalized spacial score (nSPS) is 16.0. The molecule has 3 heterocycles. The molecule has 0 spiro atoms. The number of piperidine rings is 1. The highest BCUT2D eigenvalue weighted by molar-refractivity contribution is 7.07. The van der Waals surface area contributed by atoms with Crippen molar-refractivity contribution in [3.63, 3.8) is 0 Å². The number of halogens is 2. The third-order valence-corrected chi connectivity index (χ3v) is 7.53. The highest BCUT2D eigenvalue weighted by Gasteiger charge is 2.29. The Labute approximate surface area is 204 Å². The maximum absolute atomic E-state index is 13.2. The van der Waals surface area contributed by atoms with Gasteiger partial charge in [-0.3, -0.25) is 9.59 Å². The minimum atomic E-state index is -0.948. The number of hydrogen-bond donors (Lipinski definition) is 0. The van der Waals surface area contributed by atoms with E-state index in [4.69, 9.17) is 11.6 Å². The molecule has 0 saturated carbocycles. The third-order valence-electron chi connectivity index (χ3n) is 6.60. The van der Waals surface area contributed by atoms with Gasteiger partial charge in [0.05, 0.1) is 5.69 Å². The lowest BCUT2D eigenvalue weighted by atomic mass is 9.97. The number of amides is 1.